The molecule has 2 rings (SSSR count). The van der Waals surface area contributed by atoms with Crippen molar-refractivity contribution in [1.29, 1.82) is 0 Å². The van der Waals surface area contributed by atoms with Crippen LogP contribution in [0.2, 0.25) is 0 Å². The average Bonchev–Trinajstić information content (AvgIpc) is 2.27. The van der Waals surface area contributed by atoms with Gasteiger partial charge in [0.1, 0.15) is 0 Å². The number of rotatable bonds is 2. The molecule has 5 heteroatoms. The molecule has 114 valence electrons. The molecule has 2 aliphatic carbocycles. The monoisotopic (exact) mass is 324 g/mol. The Labute approximate surface area is 125 Å². The van der Waals surface area contributed by atoms with E-state index >= 15 is 0 Å². The molecule has 0 atom stereocenters. The molecule has 0 saturated heterocycles. The molecule has 2 aliphatic rings. The Balaban J connectivity index is 2.43. The molecule has 19 heavy (non-hydrogen) atoms. The van der Waals surface area contributed by atoms with Gasteiger partial charge in [-0.2, -0.15) is 0 Å². The Morgan fingerprint density at radius 2 is 1.11 bits per heavy atom. The van der Waals surface area contributed by atoms with E-state index in [-0.39, 0.29) is 19.6 Å². The zero-order valence-corrected chi connectivity index (χ0v) is 14.9. The average molecular weight is 324 g/mol. The van der Waals surface area contributed by atoms with E-state index in [1.807, 2.05) is 0 Å². The lowest BCUT2D eigenvalue weighted by Gasteiger charge is -2.49. The zero-order chi connectivity index (χ0) is 14.1. The predicted octanol–water partition coefficient (Wildman–Crippen LogP) is 4.64. The van der Waals surface area contributed by atoms with Gasteiger partial charge in [-0.1, -0.05) is 64.6 Å². The van der Waals surface area contributed by atoms with Crippen molar-refractivity contribution in [3.05, 3.63) is 0 Å². The van der Waals surface area contributed by atoms with E-state index in [1.165, 1.54) is 38.5 Å². The van der Waals surface area contributed by atoms with Crippen molar-refractivity contribution in [2.45, 2.75) is 87.5 Å². The summed E-state index contributed by atoms with van der Waals surface area (Å²) < 4.78 is 0.201. The smallest absolute Gasteiger partial charge is 0.199 e. The Bertz CT molecular complexity index is 343. The highest BCUT2D eigenvalue weighted by atomic mass is 32.9. The van der Waals surface area contributed by atoms with E-state index < -0.39 is 5.69 Å². The summed E-state index contributed by atoms with van der Waals surface area (Å²) in [6.45, 7) is 4.60. The minimum Gasteiger partial charge on any atom is -0.341 e. The summed E-state index contributed by atoms with van der Waals surface area (Å²) in [5.74, 6) is 0. The second-order valence-corrected chi connectivity index (χ2v) is 15.5. The standard InChI is InChI=1S/C14H29O2PS2/c1-13(9-5-3-6-10-13)19(17(15,16)18)14(2)11-7-4-8-12-14/h15-16,18H,3-12H2,1-2H3. The molecule has 2 fully saturated rings. The summed E-state index contributed by atoms with van der Waals surface area (Å²) in [5, 5.41) is 0. The molecule has 2 nitrogen and oxygen atoms in total. The first kappa shape index (κ1) is 16.4. The van der Waals surface area contributed by atoms with Crippen molar-refractivity contribution in [2.24, 2.45) is 0 Å². The number of hydrogen-bond acceptors (Lipinski definition) is 0. The van der Waals surface area contributed by atoms with Crippen molar-refractivity contribution >= 4 is 28.0 Å². The van der Waals surface area contributed by atoms with E-state index in [1.54, 1.807) is 0 Å². The first-order valence-corrected chi connectivity index (χ1v) is 12.3. The van der Waals surface area contributed by atoms with Crippen LogP contribution in [0.4, 0.5) is 0 Å². The van der Waals surface area contributed by atoms with Crippen molar-refractivity contribution in [2.75, 3.05) is 0 Å². The van der Waals surface area contributed by atoms with Gasteiger partial charge in [-0.25, -0.2) is 0 Å². The quantitative estimate of drug-likeness (QED) is 0.511. The van der Waals surface area contributed by atoms with Crippen LogP contribution < -0.4 is 0 Å². The Hall–Kier alpha value is 1.05. The molecule has 0 spiro atoms. The fourth-order valence-corrected chi connectivity index (χ4v) is 16.1. The lowest BCUT2D eigenvalue weighted by molar-refractivity contribution is 0.385. The van der Waals surface area contributed by atoms with Crippen LogP contribution >= 0.6 is 17.9 Å². The lowest BCUT2D eigenvalue weighted by Crippen LogP contribution is -2.46. The van der Waals surface area contributed by atoms with Crippen LogP contribution in [0.25, 0.3) is 0 Å². The van der Waals surface area contributed by atoms with Crippen LogP contribution in [0.1, 0.15) is 78.1 Å². The molecule has 0 aromatic heterocycles. The SMILES string of the molecule is CC1(S(C2(C)CCCCC2)=P(O)(O)S)CCCCC1. The molecule has 2 saturated carbocycles. The molecule has 0 bridgehead atoms. The summed E-state index contributed by atoms with van der Waals surface area (Å²) >= 11 is 4.31. The normalized spacial score (nSPS) is 27.5. The van der Waals surface area contributed by atoms with Crippen LogP contribution in [0.15, 0.2) is 0 Å². The highest BCUT2D eigenvalue weighted by Gasteiger charge is 2.44. The van der Waals surface area contributed by atoms with Crippen molar-refractivity contribution in [3.63, 3.8) is 0 Å². The predicted molar refractivity (Wildman–Crippen MR) is 90.7 cm³/mol. The van der Waals surface area contributed by atoms with Crippen molar-refractivity contribution < 1.29 is 9.79 Å². The summed E-state index contributed by atoms with van der Waals surface area (Å²) in [4.78, 5) is 20.9. The molecular formula is C14H29O2PS2. The lowest BCUT2D eigenvalue weighted by atomic mass is 9.89. The first-order chi connectivity index (χ1) is 8.78. The first-order valence-electron chi connectivity index (χ1n) is 7.61. The third kappa shape index (κ3) is 3.63. The van der Waals surface area contributed by atoms with Gasteiger partial charge in [0.25, 0.3) is 0 Å². The van der Waals surface area contributed by atoms with Gasteiger partial charge in [0.05, 0.1) is 0 Å². The van der Waals surface area contributed by atoms with E-state index in [0.717, 1.165) is 25.7 Å². The van der Waals surface area contributed by atoms with Gasteiger partial charge in [-0.05, 0) is 25.7 Å². The number of hydrogen-bond donors (Lipinski definition) is 3. The zero-order valence-electron chi connectivity index (χ0n) is 12.3. The summed E-state index contributed by atoms with van der Waals surface area (Å²) in [6.07, 6.45) is 12.2. The molecule has 0 amide bonds. The molecule has 0 aromatic carbocycles. The van der Waals surface area contributed by atoms with E-state index in [0.29, 0.717) is 0 Å². The summed E-state index contributed by atoms with van der Waals surface area (Å²) in [5.41, 5.74) is -3.07. The maximum atomic E-state index is 10.5. The molecule has 0 aromatic rings. The highest BCUT2D eigenvalue weighted by molar-refractivity contribution is 8.66. The van der Waals surface area contributed by atoms with Crippen LogP contribution in [-0.4, -0.2) is 19.3 Å². The second kappa shape index (κ2) is 6.04. The number of thiol groups is 1. The Kier molecular flexibility index (Phi) is 5.22. The molecule has 0 radical (unpaired) electrons. The van der Waals surface area contributed by atoms with E-state index in [9.17, 15) is 9.79 Å². The fraction of sp³-hybridized carbons (Fsp3) is 1.00. The van der Waals surface area contributed by atoms with Crippen LogP contribution in [0.3, 0.4) is 0 Å². The molecule has 0 heterocycles. The van der Waals surface area contributed by atoms with Crippen LogP contribution in [-0.2, 0) is 10.1 Å². The van der Waals surface area contributed by atoms with Crippen molar-refractivity contribution in [3.8, 4) is 0 Å². The maximum absolute atomic E-state index is 10.5. The largest absolute Gasteiger partial charge is 0.341 e. The Morgan fingerprint density at radius 1 is 0.789 bits per heavy atom. The second-order valence-electron chi connectivity index (χ2n) is 6.82. The van der Waals surface area contributed by atoms with Gasteiger partial charge in [0, 0.05) is 9.49 Å². The summed E-state index contributed by atoms with van der Waals surface area (Å²) in [7, 11) is -0.359. The van der Waals surface area contributed by atoms with E-state index in [2.05, 4.69) is 26.1 Å². The molecule has 0 aliphatic heterocycles. The summed E-state index contributed by atoms with van der Waals surface area (Å²) in [6, 6.07) is 0. The third-order valence-electron chi connectivity index (χ3n) is 5.00. The van der Waals surface area contributed by atoms with E-state index in [4.69, 9.17) is 0 Å². The minimum absolute atomic E-state index is 0.101. The van der Waals surface area contributed by atoms with Gasteiger partial charge < -0.3 is 9.79 Å². The highest BCUT2D eigenvalue weighted by Crippen LogP contribution is 2.59. The van der Waals surface area contributed by atoms with Crippen LogP contribution in [0, 0.1) is 0 Å². The molecule has 0 unspecified atom stereocenters. The molecule has 2 N–H and O–H groups in total. The third-order valence-corrected chi connectivity index (χ3v) is 13.8. The van der Waals surface area contributed by atoms with Crippen molar-refractivity contribution in [1.82, 2.24) is 0 Å². The van der Waals surface area contributed by atoms with Gasteiger partial charge in [-0.3, -0.25) is 0 Å². The molecular weight excluding hydrogens is 295 g/mol. The maximum Gasteiger partial charge on any atom is 0.199 e. The van der Waals surface area contributed by atoms with Gasteiger partial charge in [0.2, 0.25) is 0 Å². The van der Waals surface area contributed by atoms with Crippen LogP contribution in [0.5, 0.6) is 0 Å². The van der Waals surface area contributed by atoms with Gasteiger partial charge in [-0.15, -0.1) is 10.1 Å². The van der Waals surface area contributed by atoms with Gasteiger partial charge in [0.15, 0.2) is 5.69 Å². The Morgan fingerprint density at radius 3 is 1.37 bits per heavy atom. The fourth-order valence-electron chi connectivity index (χ4n) is 4.17. The topological polar surface area (TPSA) is 40.5 Å². The minimum atomic E-state index is -3.07. The van der Waals surface area contributed by atoms with Gasteiger partial charge >= 0.3 is 0 Å².